The van der Waals surface area contributed by atoms with E-state index in [4.69, 9.17) is 0 Å². The highest BCUT2D eigenvalue weighted by Crippen LogP contribution is 2.20. The lowest BCUT2D eigenvalue weighted by Gasteiger charge is -2.20. The summed E-state index contributed by atoms with van der Waals surface area (Å²) in [4.78, 5) is 13.5. The van der Waals surface area contributed by atoms with Crippen LogP contribution in [0.1, 0.15) is 31.7 Å². The van der Waals surface area contributed by atoms with Gasteiger partial charge in [0, 0.05) is 0 Å². The minimum atomic E-state index is -0.733. The van der Waals surface area contributed by atoms with E-state index in [0.717, 1.165) is 25.2 Å². The van der Waals surface area contributed by atoms with Crippen LogP contribution in [0.2, 0.25) is 0 Å². The van der Waals surface area contributed by atoms with Crippen molar-refractivity contribution in [3.8, 4) is 0 Å². The summed E-state index contributed by atoms with van der Waals surface area (Å²) in [5.41, 5.74) is 0.896. The number of hydrogen-bond donors (Lipinski definition) is 1. The lowest BCUT2D eigenvalue weighted by Crippen LogP contribution is -2.27. The Balaban J connectivity index is 2.65. The van der Waals surface area contributed by atoms with Gasteiger partial charge in [0.15, 0.2) is 0 Å². The van der Waals surface area contributed by atoms with Gasteiger partial charge in [-0.3, -0.25) is 4.79 Å². The Bertz CT molecular complexity index is 333. The molecule has 1 aromatic carbocycles. The first-order chi connectivity index (χ1) is 8.19. The molecule has 0 heterocycles. The number of carboxylic acids is 1. The molecule has 0 spiro atoms. The van der Waals surface area contributed by atoms with Crippen LogP contribution in [-0.2, 0) is 4.79 Å². The van der Waals surface area contributed by atoms with E-state index in [2.05, 4.69) is 18.7 Å². The van der Waals surface area contributed by atoms with Crippen LogP contribution in [0, 0.1) is 0 Å². The minimum Gasteiger partial charge on any atom is -0.481 e. The summed E-state index contributed by atoms with van der Waals surface area (Å²) in [6.07, 6.45) is 0.668. The van der Waals surface area contributed by atoms with Crippen molar-refractivity contribution in [1.82, 2.24) is 4.90 Å². The van der Waals surface area contributed by atoms with E-state index in [1.165, 1.54) is 0 Å². The van der Waals surface area contributed by atoms with Crippen LogP contribution in [0.4, 0.5) is 0 Å². The smallest absolute Gasteiger partial charge is 0.311 e. The minimum absolute atomic E-state index is 0.392. The number of benzene rings is 1. The highest BCUT2D eigenvalue weighted by atomic mass is 16.4. The lowest BCUT2D eigenvalue weighted by molar-refractivity contribution is -0.139. The zero-order valence-corrected chi connectivity index (χ0v) is 10.6. The largest absolute Gasteiger partial charge is 0.481 e. The predicted octanol–water partition coefficient (Wildman–Crippen LogP) is 2.59. The third-order valence-corrected chi connectivity index (χ3v) is 3.13. The van der Waals surface area contributed by atoms with Crippen LogP contribution < -0.4 is 0 Å². The van der Waals surface area contributed by atoms with Gasteiger partial charge >= 0.3 is 5.97 Å². The molecule has 1 atom stereocenters. The third-order valence-electron chi connectivity index (χ3n) is 3.13. The Labute approximate surface area is 103 Å². The Morgan fingerprint density at radius 3 is 2.29 bits per heavy atom. The topological polar surface area (TPSA) is 40.5 Å². The van der Waals surface area contributed by atoms with Gasteiger partial charge in [0.2, 0.25) is 0 Å². The van der Waals surface area contributed by atoms with Crippen LogP contribution in [-0.4, -0.2) is 35.6 Å². The van der Waals surface area contributed by atoms with Crippen LogP contribution in [0.25, 0.3) is 0 Å². The number of carboxylic acid groups (broad SMARTS) is 1. The molecule has 0 aliphatic heterocycles. The van der Waals surface area contributed by atoms with Gasteiger partial charge in [-0.05, 0) is 31.6 Å². The fourth-order valence-corrected chi connectivity index (χ4v) is 1.97. The van der Waals surface area contributed by atoms with Gasteiger partial charge in [-0.2, -0.15) is 0 Å². The average molecular weight is 235 g/mol. The van der Waals surface area contributed by atoms with Crippen molar-refractivity contribution < 1.29 is 9.90 Å². The molecular weight excluding hydrogens is 214 g/mol. The maximum Gasteiger partial charge on any atom is 0.311 e. The third kappa shape index (κ3) is 4.19. The SMILES string of the molecule is CCN(CC)CCC(C(=O)O)c1ccccc1. The molecule has 0 aliphatic rings. The molecule has 3 nitrogen and oxygen atoms in total. The highest BCUT2D eigenvalue weighted by molar-refractivity contribution is 5.76. The number of rotatable bonds is 7. The molecule has 0 aliphatic carbocycles. The maximum atomic E-state index is 11.3. The van der Waals surface area contributed by atoms with Crippen LogP contribution >= 0.6 is 0 Å². The average Bonchev–Trinajstić information content (AvgIpc) is 2.35. The second-order valence-corrected chi connectivity index (χ2v) is 4.12. The number of hydrogen-bond acceptors (Lipinski definition) is 2. The number of aliphatic carboxylic acids is 1. The molecule has 0 saturated carbocycles. The predicted molar refractivity (Wildman–Crippen MR) is 69.2 cm³/mol. The van der Waals surface area contributed by atoms with Crippen molar-refractivity contribution in [2.75, 3.05) is 19.6 Å². The molecular formula is C14H21NO2. The van der Waals surface area contributed by atoms with Crippen LogP contribution in [0.3, 0.4) is 0 Å². The maximum absolute atomic E-state index is 11.3. The Hall–Kier alpha value is -1.35. The van der Waals surface area contributed by atoms with Crippen molar-refractivity contribution in [3.05, 3.63) is 35.9 Å². The summed E-state index contributed by atoms with van der Waals surface area (Å²) in [5, 5.41) is 9.27. The zero-order valence-electron chi connectivity index (χ0n) is 10.6. The number of carbonyl (C=O) groups is 1. The second-order valence-electron chi connectivity index (χ2n) is 4.12. The van der Waals surface area contributed by atoms with Crippen molar-refractivity contribution in [3.63, 3.8) is 0 Å². The molecule has 1 rings (SSSR count). The molecule has 1 aromatic rings. The van der Waals surface area contributed by atoms with Gasteiger partial charge in [0.05, 0.1) is 5.92 Å². The van der Waals surface area contributed by atoms with E-state index in [1.54, 1.807) is 0 Å². The van der Waals surface area contributed by atoms with Crippen molar-refractivity contribution >= 4 is 5.97 Å². The van der Waals surface area contributed by atoms with Gasteiger partial charge < -0.3 is 10.0 Å². The Morgan fingerprint density at radius 1 is 1.24 bits per heavy atom. The van der Waals surface area contributed by atoms with Crippen molar-refractivity contribution in [1.29, 1.82) is 0 Å². The molecule has 0 radical (unpaired) electrons. The summed E-state index contributed by atoms with van der Waals surface area (Å²) in [6.45, 7) is 6.97. The van der Waals surface area contributed by atoms with Gasteiger partial charge in [0.1, 0.15) is 0 Å². The lowest BCUT2D eigenvalue weighted by atomic mass is 9.96. The van der Waals surface area contributed by atoms with E-state index in [0.29, 0.717) is 6.42 Å². The molecule has 0 amide bonds. The van der Waals surface area contributed by atoms with Gasteiger partial charge in [0.25, 0.3) is 0 Å². The molecule has 1 unspecified atom stereocenters. The first-order valence-corrected chi connectivity index (χ1v) is 6.19. The van der Waals surface area contributed by atoms with Crippen LogP contribution in [0.15, 0.2) is 30.3 Å². The molecule has 0 aromatic heterocycles. The van der Waals surface area contributed by atoms with Crippen LogP contribution in [0.5, 0.6) is 0 Å². The first kappa shape index (κ1) is 13.7. The fraction of sp³-hybridized carbons (Fsp3) is 0.500. The fourth-order valence-electron chi connectivity index (χ4n) is 1.97. The summed E-state index contributed by atoms with van der Waals surface area (Å²) in [6, 6.07) is 9.47. The molecule has 0 saturated heterocycles. The second kappa shape index (κ2) is 7.07. The zero-order chi connectivity index (χ0) is 12.7. The van der Waals surface area contributed by atoms with Crippen molar-refractivity contribution in [2.24, 2.45) is 0 Å². The molecule has 0 fully saturated rings. The summed E-state index contributed by atoms with van der Waals surface area (Å²) < 4.78 is 0. The van der Waals surface area contributed by atoms with Crippen molar-refractivity contribution in [2.45, 2.75) is 26.2 Å². The molecule has 0 bridgehead atoms. The van der Waals surface area contributed by atoms with Gasteiger partial charge in [-0.1, -0.05) is 44.2 Å². The standard InChI is InChI=1S/C14H21NO2/c1-3-15(4-2)11-10-13(14(16)17)12-8-6-5-7-9-12/h5-9,13H,3-4,10-11H2,1-2H3,(H,16,17). The molecule has 3 heteroatoms. The van der Waals surface area contributed by atoms with E-state index in [9.17, 15) is 9.90 Å². The monoisotopic (exact) mass is 235 g/mol. The quantitative estimate of drug-likeness (QED) is 0.789. The van der Waals surface area contributed by atoms with E-state index in [1.807, 2.05) is 30.3 Å². The molecule has 1 N–H and O–H groups in total. The van der Waals surface area contributed by atoms with Gasteiger partial charge in [-0.15, -0.1) is 0 Å². The van der Waals surface area contributed by atoms with Gasteiger partial charge in [-0.25, -0.2) is 0 Å². The summed E-state index contributed by atoms with van der Waals surface area (Å²) in [5.74, 6) is -1.12. The molecule has 17 heavy (non-hydrogen) atoms. The highest BCUT2D eigenvalue weighted by Gasteiger charge is 2.19. The number of nitrogens with zero attached hydrogens (tertiary/aromatic N) is 1. The summed E-state index contributed by atoms with van der Waals surface area (Å²) in [7, 11) is 0. The first-order valence-electron chi connectivity index (χ1n) is 6.19. The van der Waals surface area contributed by atoms with E-state index < -0.39 is 11.9 Å². The Kier molecular flexibility index (Phi) is 5.70. The summed E-state index contributed by atoms with van der Waals surface area (Å²) >= 11 is 0. The Morgan fingerprint density at radius 2 is 1.82 bits per heavy atom. The normalized spacial score (nSPS) is 12.6. The molecule has 94 valence electrons. The van der Waals surface area contributed by atoms with E-state index in [-0.39, 0.29) is 0 Å². The van der Waals surface area contributed by atoms with E-state index >= 15 is 0 Å².